The van der Waals surface area contributed by atoms with Crippen molar-refractivity contribution in [1.29, 1.82) is 0 Å². The Morgan fingerprint density at radius 3 is 1.80 bits per heavy atom. The molecule has 1 N–H and O–H groups in total. The monoisotopic (exact) mass is 422 g/mol. The van der Waals surface area contributed by atoms with Crippen LogP contribution < -0.4 is 14.8 Å². The Morgan fingerprint density at radius 1 is 0.900 bits per heavy atom. The molecule has 0 unspecified atom stereocenters. The fraction of sp³-hybridized carbons (Fsp3) is 0.591. The molecule has 0 spiro atoms. The van der Waals surface area contributed by atoms with Crippen molar-refractivity contribution in [3.8, 4) is 11.5 Å². The van der Waals surface area contributed by atoms with E-state index in [1.807, 2.05) is 27.7 Å². The third kappa shape index (κ3) is 6.93. The maximum Gasteiger partial charge on any atom is 0.329 e. The lowest BCUT2D eigenvalue weighted by Crippen LogP contribution is -2.48. The van der Waals surface area contributed by atoms with Gasteiger partial charge in [0.2, 0.25) is 0 Å². The van der Waals surface area contributed by atoms with Gasteiger partial charge in [0.05, 0.1) is 14.2 Å². The van der Waals surface area contributed by atoms with Gasteiger partial charge < -0.3 is 24.4 Å². The fourth-order valence-electron chi connectivity index (χ4n) is 3.13. The molecule has 0 aliphatic heterocycles. The van der Waals surface area contributed by atoms with Gasteiger partial charge in [-0.05, 0) is 45.7 Å². The minimum atomic E-state index is -0.908. The van der Waals surface area contributed by atoms with Crippen LogP contribution in [0.25, 0.3) is 0 Å². The maximum absolute atomic E-state index is 12.7. The molecular weight excluding hydrogens is 388 g/mol. The topological polar surface area (TPSA) is 94.2 Å². The largest absolute Gasteiger partial charge is 0.497 e. The van der Waals surface area contributed by atoms with Crippen molar-refractivity contribution in [1.82, 2.24) is 10.2 Å². The number of rotatable bonds is 10. The number of hydrogen-bond acceptors (Lipinski definition) is 6. The van der Waals surface area contributed by atoms with Gasteiger partial charge in [0.25, 0.3) is 11.8 Å². The second-order valence-corrected chi connectivity index (χ2v) is 7.89. The number of carbonyl (C=O) groups excluding carboxylic acids is 3. The minimum absolute atomic E-state index is 0.0140. The molecule has 2 amide bonds. The molecule has 0 radical (unpaired) electrons. The van der Waals surface area contributed by atoms with Crippen LogP contribution in [0.4, 0.5) is 0 Å². The molecule has 0 heterocycles. The number of hydrogen-bond donors (Lipinski definition) is 1. The van der Waals surface area contributed by atoms with Gasteiger partial charge in [0, 0.05) is 23.7 Å². The summed E-state index contributed by atoms with van der Waals surface area (Å²) in [6, 6.07) is 3.81. The van der Waals surface area contributed by atoms with Gasteiger partial charge in [-0.3, -0.25) is 9.59 Å². The summed E-state index contributed by atoms with van der Waals surface area (Å²) in [5, 5.41) is 2.68. The number of nitrogens with one attached hydrogen (secondary N) is 1. The summed E-state index contributed by atoms with van der Waals surface area (Å²) < 4.78 is 15.6. The van der Waals surface area contributed by atoms with Crippen LogP contribution in [-0.2, 0) is 14.3 Å². The molecule has 0 saturated carbocycles. The maximum atomic E-state index is 12.7. The van der Waals surface area contributed by atoms with E-state index in [0.29, 0.717) is 11.5 Å². The molecule has 0 bridgehead atoms. The van der Waals surface area contributed by atoms with E-state index in [0.717, 1.165) is 0 Å². The lowest BCUT2D eigenvalue weighted by molar-refractivity contribution is -0.155. The molecule has 1 aromatic rings. The number of ether oxygens (including phenoxy) is 3. The zero-order valence-corrected chi connectivity index (χ0v) is 19.1. The molecule has 1 rings (SSSR count). The molecule has 1 atom stereocenters. The SMILES string of the molecule is COc1cc(OC)cc(C(=O)N[C@H](C(=O)OCC(=O)N(C(C)C)C(C)C)C(C)C)c1. The first-order chi connectivity index (χ1) is 14.0. The smallest absolute Gasteiger partial charge is 0.329 e. The van der Waals surface area contributed by atoms with Crippen molar-refractivity contribution < 1.29 is 28.6 Å². The van der Waals surface area contributed by atoms with Crippen LogP contribution in [0.2, 0.25) is 0 Å². The van der Waals surface area contributed by atoms with E-state index in [2.05, 4.69) is 5.32 Å². The molecular formula is C22H34N2O6. The average molecular weight is 423 g/mol. The van der Waals surface area contributed by atoms with Crippen molar-refractivity contribution in [3.05, 3.63) is 23.8 Å². The van der Waals surface area contributed by atoms with Gasteiger partial charge in [-0.1, -0.05) is 13.8 Å². The zero-order chi connectivity index (χ0) is 23.0. The normalized spacial score (nSPS) is 12.0. The Labute approximate surface area is 178 Å². The minimum Gasteiger partial charge on any atom is -0.497 e. The number of nitrogens with zero attached hydrogens (tertiary/aromatic N) is 1. The summed E-state index contributed by atoms with van der Waals surface area (Å²) in [6.45, 7) is 10.8. The summed E-state index contributed by atoms with van der Waals surface area (Å²) in [7, 11) is 2.97. The molecule has 0 aliphatic carbocycles. The van der Waals surface area contributed by atoms with Crippen molar-refractivity contribution in [2.75, 3.05) is 20.8 Å². The van der Waals surface area contributed by atoms with Gasteiger partial charge in [-0.2, -0.15) is 0 Å². The van der Waals surface area contributed by atoms with Gasteiger partial charge >= 0.3 is 5.97 Å². The van der Waals surface area contributed by atoms with Crippen LogP contribution in [0.3, 0.4) is 0 Å². The van der Waals surface area contributed by atoms with E-state index in [1.165, 1.54) is 14.2 Å². The van der Waals surface area contributed by atoms with Crippen molar-refractivity contribution in [2.24, 2.45) is 5.92 Å². The Hall–Kier alpha value is -2.77. The van der Waals surface area contributed by atoms with Crippen molar-refractivity contribution in [3.63, 3.8) is 0 Å². The van der Waals surface area contributed by atoms with Gasteiger partial charge in [0.1, 0.15) is 17.5 Å². The van der Waals surface area contributed by atoms with Crippen LogP contribution in [0, 0.1) is 5.92 Å². The Bertz CT molecular complexity index is 715. The predicted molar refractivity (Wildman–Crippen MR) is 114 cm³/mol. The molecule has 30 heavy (non-hydrogen) atoms. The number of esters is 1. The van der Waals surface area contributed by atoms with E-state index in [1.54, 1.807) is 36.9 Å². The molecule has 0 saturated heterocycles. The first-order valence-corrected chi connectivity index (χ1v) is 10.0. The highest BCUT2D eigenvalue weighted by Gasteiger charge is 2.28. The molecule has 1 aromatic carbocycles. The summed E-state index contributed by atoms with van der Waals surface area (Å²) in [6.07, 6.45) is 0. The second-order valence-electron chi connectivity index (χ2n) is 7.89. The van der Waals surface area contributed by atoms with E-state index in [-0.39, 0.29) is 36.1 Å². The van der Waals surface area contributed by atoms with Crippen LogP contribution in [0.15, 0.2) is 18.2 Å². The standard InChI is InChI=1S/C22H34N2O6/c1-13(2)20(22(27)30-12-19(25)24(14(3)4)15(5)6)23-21(26)16-9-17(28-7)11-18(10-16)29-8/h9-11,13-15,20H,12H2,1-8H3,(H,23,26)/t20-/m0/s1. The zero-order valence-electron chi connectivity index (χ0n) is 19.1. The third-order valence-corrected chi connectivity index (χ3v) is 4.56. The fourth-order valence-corrected chi connectivity index (χ4v) is 3.13. The van der Waals surface area contributed by atoms with Gasteiger partial charge in [0.15, 0.2) is 6.61 Å². The third-order valence-electron chi connectivity index (χ3n) is 4.56. The lowest BCUT2D eigenvalue weighted by Gasteiger charge is -2.31. The van der Waals surface area contributed by atoms with Crippen molar-refractivity contribution in [2.45, 2.75) is 59.7 Å². The van der Waals surface area contributed by atoms with Crippen LogP contribution in [-0.4, -0.2) is 61.6 Å². The number of methoxy groups -OCH3 is 2. The number of benzene rings is 1. The molecule has 168 valence electrons. The Morgan fingerprint density at radius 2 is 1.40 bits per heavy atom. The molecule has 0 fully saturated rings. The average Bonchev–Trinajstić information content (AvgIpc) is 2.68. The predicted octanol–water partition coefficient (Wildman–Crippen LogP) is 2.65. The lowest BCUT2D eigenvalue weighted by atomic mass is 10.0. The van der Waals surface area contributed by atoms with Crippen molar-refractivity contribution >= 4 is 17.8 Å². The van der Waals surface area contributed by atoms with Crippen LogP contribution >= 0.6 is 0 Å². The summed E-state index contributed by atoms with van der Waals surface area (Å²) in [4.78, 5) is 39.4. The summed E-state index contributed by atoms with van der Waals surface area (Å²) in [5.41, 5.74) is 0.284. The number of carbonyl (C=O) groups is 3. The first-order valence-electron chi connectivity index (χ1n) is 10.0. The molecule has 8 heteroatoms. The second kappa shape index (κ2) is 11.4. The van der Waals surface area contributed by atoms with Crippen LogP contribution in [0.1, 0.15) is 51.9 Å². The highest BCUT2D eigenvalue weighted by Crippen LogP contribution is 2.22. The van der Waals surface area contributed by atoms with Gasteiger partial charge in [-0.15, -0.1) is 0 Å². The highest BCUT2D eigenvalue weighted by atomic mass is 16.5. The Balaban J connectivity index is 2.88. The molecule has 8 nitrogen and oxygen atoms in total. The first kappa shape index (κ1) is 25.3. The molecule has 0 aliphatic rings. The Kier molecular flexibility index (Phi) is 9.62. The van der Waals surface area contributed by atoms with E-state index in [4.69, 9.17) is 14.2 Å². The summed E-state index contributed by atoms with van der Waals surface area (Å²) in [5.74, 6) is -0.739. The highest BCUT2D eigenvalue weighted by molar-refractivity contribution is 5.97. The summed E-state index contributed by atoms with van der Waals surface area (Å²) >= 11 is 0. The van der Waals surface area contributed by atoms with Gasteiger partial charge in [-0.25, -0.2) is 4.79 Å². The van der Waals surface area contributed by atoms with Crippen LogP contribution in [0.5, 0.6) is 11.5 Å². The van der Waals surface area contributed by atoms with E-state index >= 15 is 0 Å². The molecule has 0 aromatic heterocycles. The van der Waals surface area contributed by atoms with E-state index < -0.39 is 17.9 Å². The van der Waals surface area contributed by atoms with E-state index in [9.17, 15) is 14.4 Å². The number of amides is 2. The quantitative estimate of drug-likeness (QED) is 0.583.